The summed E-state index contributed by atoms with van der Waals surface area (Å²) < 4.78 is 0.992. The predicted molar refractivity (Wildman–Crippen MR) is 114 cm³/mol. The average molecular weight is 394 g/mol. The Balaban J connectivity index is 1.63. The SMILES string of the molecule is CCC(C)(O)c1ccc(CNc2ncnc3c2sc2nnc(C)c(C)c23)cc1. The van der Waals surface area contributed by atoms with Gasteiger partial charge in [0.2, 0.25) is 0 Å². The first-order valence-electron chi connectivity index (χ1n) is 9.33. The van der Waals surface area contributed by atoms with E-state index >= 15 is 0 Å². The van der Waals surface area contributed by atoms with Crippen LogP contribution in [-0.4, -0.2) is 25.3 Å². The van der Waals surface area contributed by atoms with Gasteiger partial charge in [-0.15, -0.1) is 16.4 Å². The number of rotatable bonds is 5. The number of aryl methyl sites for hydroxylation is 2. The minimum atomic E-state index is -0.793. The van der Waals surface area contributed by atoms with Crippen LogP contribution in [0.5, 0.6) is 0 Å². The van der Waals surface area contributed by atoms with Gasteiger partial charge in [0.05, 0.1) is 21.5 Å². The van der Waals surface area contributed by atoms with Gasteiger partial charge < -0.3 is 10.4 Å². The molecule has 144 valence electrons. The highest BCUT2D eigenvalue weighted by atomic mass is 32.1. The fourth-order valence-electron chi connectivity index (χ4n) is 3.18. The topological polar surface area (TPSA) is 83.8 Å². The highest BCUT2D eigenvalue weighted by Crippen LogP contribution is 2.36. The maximum absolute atomic E-state index is 10.4. The van der Waals surface area contributed by atoms with Gasteiger partial charge >= 0.3 is 0 Å². The first-order chi connectivity index (χ1) is 13.4. The molecular weight excluding hydrogens is 370 g/mol. The second-order valence-corrected chi connectivity index (χ2v) is 8.27. The number of aliphatic hydroxyl groups is 1. The summed E-state index contributed by atoms with van der Waals surface area (Å²) in [5, 5.41) is 23.4. The Bertz CT molecular complexity index is 1150. The van der Waals surface area contributed by atoms with Crippen LogP contribution in [0.25, 0.3) is 20.4 Å². The molecule has 0 fully saturated rings. The molecule has 3 heterocycles. The third-order valence-electron chi connectivity index (χ3n) is 5.39. The Morgan fingerprint density at radius 3 is 2.57 bits per heavy atom. The molecule has 0 spiro atoms. The summed E-state index contributed by atoms with van der Waals surface area (Å²) in [7, 11) is 0. The van der Waals surface area contributed by atoms with E-state index in [-0.39, 0.29) is 0 Å². The summed E-state index contributed by atoms with van der Waals surface area (Å²) in [4.78, 5) is 9.82. The first-order valence-corrected chi connectivity index (χ1v) is 10.1. The number of benzene rings is 1. The van der Waals surface area contributed by atoms with Crippen molar-refractivity contribution in [3.05, 3.63) is 53.0 Å². The number of thiophene rings is 1. The van der Waals surface area contributed by atoms with Crippen molar-refractivity contribution in [3.63, 3.8) is 0 Å². The largest absolute Gasteiger partial charge is 0.385 e. The molecule has 4 aromatic rings. The van der Waals surface area contributed by atoms with Crippen LogP contribution in [0.2, 0.25) is 0 Å². The zero-order valence-electron chi connectivity index (χ0n) is 16.4. The van der Waals surface area contributed by atoms with E-state index in [2.05, 4.69) is 32.4 Å². The van der Waals surface area contributed by atoms with Crippen LogP contribution in [0.1, 0.15) is 42.7 Å². The minimum Gasteiger partial charge on any atom is -0.385 e. The van der Waals surface area contributed by atoms with Gasteiger partial charge in [0.25, 0.3) is 0 Å². The molecule has 28 heavy (non-hydrogen) atoms. The molecule has 0 saturated carbocycles. The highest BCUT2D eigenvalue weighted by Gasteiger charge is 2.20. The van der Waals surface area contributed by atoms with Gasteiger partial charge in [-0.05, 0) is 43.9 Å². The van der Waals surface area contributed by atoms with E-state index < -0.39 is 5.60 Å². The Labute approximate surface area is 167 Å². The summed E-state index contributed by atoms with van der Waals surface area (Å²) in [6.45, 7) is 8.48. The van der Waals surface area contributed by atoms with Crippen LogP contribution in [0, 0.1) is 13.8 Å². The molecule has 0 aliphatic heterocycles. The quantitative estimate of drug-likeness (QED) is 0.520. The van der Waals surface area contributed by atoms with Crippen molar-refractivity contribution in [3.8, 4) is 0 Å². The van der Waals surface area contributed by atoms with E-state index in [9.17, 15) is 5.11 Å². The Kier molecular flexibility index (Phi) is 4.72. The van der Waals surface area contributed by atoms with E-state index in [1.165, 1.54) is 0 Å². The predicted octanol–water partition coefficient (Wildman–Crippen LogP) is 4.48. The van der Waals surface area contributed by atoms with Crippen molar-refractivity contribution < 1.29 is 5.11 Å². The molecule has 0 aliphatic carbocycles. The molecule has 2 N–H and O–H groups in total. The zero-order valence-corrected chi connectivity index (χ0v) is 17.3. The van der Waals surface area contributed by atoms with Crippen molar-refractivity contribution in [2.24, 2.45) is 0 Å². The monoisotopic (exact) mass is 393 g/mol. The van der Waals surface area contributed by atoms with Crippen LogP contribution in [-0.2, 0) is 12.1 Å². The van der Waals surface area contributed by atoms with Gasteiger partial charge in [-0.1, -0.05) is 31.2 Å². The molecule has 0 saturated heterocycles. The van der Waals surface area contributed by atoms with Crippen LogP contribution in [0.4, 0.5) is 5.82 Å². The van der Waals surface area contributed by atoms with Crippen LogP contribution in [0.15, 0.2) is 30.6 Å². The molecule has 4 rings (SSSR count). The summed E-state index contributed by atoms with van der Waals surface area (Å²) in [6.07, 6.45) is 2.27. The molecule has 7 heteroatoms. The summed E-state index contributed by atoms with van der Waals surface area (Å²) in [5.41, 5.74) is 4.21. The second kappa shape index (κ2) is 7.07. The molecule has 0 aliphatic rings. The standard InChI is InChI=1S/C21H23N5OS/c1-5-21(4,27)15-8-6-14(7-9-15)10-22-19-18-17(23-11-24-19)16-12(2)13(3)25-26-20(16)28-18/h6-9,11,27H,5,10H2,1-4H3,(H,22,23,24). The number of hydrogen-bond acceptors (Lipinski definition) is 7. The molecule has 1 unspecified atom stereocenters. The van der Waals surface area contributed by atoms with Gasteiger partial charge in [-0.25, -0.2) is 9.97 Å². The maximum Gasteiger partial charge on any atom is 0.149 e. The normalized spacial score (nSPS) is 13.8. The number of nitrogens with one attached hydrogen (secondary N) is 1. The average Bonchev–Trinajstić information content (AvgIpc) is 3.09. The Morgan fingerprint density at radius 1 is 1.11 bits per heavy atom. The molecule has 0 bridgehead atoms. The minimum absolute atomic E-state index is 0.637. The molecule has 6 nitrogen and oxygen atoms in total. The smallest absolute Gasteiger partial charge is 0.149 e. The molecule has 0 radical (unpaired) electrons. The number of nitrogens with zero attached hydrogens (tertiary/aromatic N) is 4. The summed E-state index contributed by atoms with van der Waals surface area (Å²) >= 11 is 1.56. The van der Waals surface area contributed by atoms with Gasteiger partial charge in [-0.3, -0.25) is 0 Å². The molecule has 0 amide bonds. The Morgan fingerprint density at radius 2 is 1.86 bits per heavy atom. The number of fused-ring (bicyclic) bond motifs is 3. The summed E-state index contributed by atoms with van der Waals surface area (Å²) in [5.74, 6) is 0.801. The van der Waals surface area contributed by atoms with E-state index in [1.807, 2.05) is 45.0 Å². The van der Waals surface area contributed by atoms with Crippen LogP contribution in [0.3, 0.4) is 0 Å². The lowest BCUT2D eigenvalue weighted by molar-refractivity contribution is 0.0531. The second-order valence-electron chi connectivity index (χ2n) is 7.27. The third kappa shape index (κ3) is 3.21. The molecule has 1 atom stereocenters. The fraction of sp³-hybridized carbons (Fsp3) is 0.333. The zero-order chi connectivity index (χ0) is 19.9. The van der Waals surface area contributed by atoms with E-state index in [1.54, 1.807) is 17.7 Å². The van der Waals surface area contributed by atoms with Crippen molar-refractivity contribution in [2.45, 2.75) is 46.3 Å². The number of hydrogen-bond donors (Lipinski definition) is 2. The maximum atomic E-state index is 10.4. The van der Waals surface area contributed by atoms with Crippen molar-refractivity contribution in [2.75, 3.05) is 5.32 Å². The van der Waals surface area contributed by atoms with Gasteiger partial charge in [0.1, 0.15) is 17.0 Å². The van der Waals surface area contributed by atoms with E-state index in [0.29, 0.717) is 13.0 Å². The van der Waals surface area contributed by atoms with Crippen molar-refractivity contribution in [1.29, 1.82) is 0 Å². The Hall–Kier alpha value is -2.64. The summed E-state index contributed by atoms with van der Waals surface area (Å²) in [6, 6.07) is 8.04. The van der Waals surface area contributed by atoms with Crippen LogP contribution >= 0.6 is 11.3 Å². The third-order valence-corrected chi connectivity index (χ3v) is 6.46. The van der Waals surface area contributed by atoms with Crippen molar-refractivity contribution >= 4 is 37.6 Å². The van der Waals surface area contributed by atoms with Gasteiger partial charge in [0.15, 0.2) is 0 Å². The molecule has 1 aromatic carbocycles. The first kappa shape index (κ1) is 18.7. The van der Waals surface area contributed by atoms with Crippen molar-refractivity contribution in [1.82, 2.24) is 20.2 Å². The highest BCUT2D eigenvalue weighted by molar-refractivity contribution is 7.25. The molecular formula is C21H23N5OS. The van der Waals surface area contributed by atoms with Gasteiger partial charge in [-0.2, -0.15) is 5.10 Å². The number of anilines is 1. The number of aromatic nitrogens is 4. The van der Waals surface area contributed by atoms with Gasteiger partial charge in [0, 0.05) is 11.9 Å². The fourth-order valence-corrected chi connectivity index (χ4v) is 4.28. The van der Waals surface area contributed by atoms with E-state index in [4.69, 9.17) is 0 Å². The lowest BCUT2D eigenvalue weighted by Gasteiger charge is -2.22. The lowest BCUT2D eigenvalue weighted by Crippen LogP contribution is -2.19. The van der Waals surface area contributed by atoms with Crippen LogP contribution < -0.4 is 5.32 Å². The lowest BCUT2D eigenvalue weighted by atomic mass is 9.93. The van der Waals surface area contributed by atoms with E-state index in [0.717, 1.165) is 48.6 Å². The molecule has 3 aromatic heterocycles.